The van der Waals surface area contributed by atoms with Crippen molar-refractivity contribution in [2.24, 2.45) is 0 Å². The van der Waals surface area contributed by atoms with Crippen molar-refractivity contribution in [1.82, 2.24) is 20.2 Å². The number of aliphatic hydroxyl groups is 1. The summed E-state index contributed by atoms with van der Waals surface area (Å²) in [6, 6.07) is 10.8. The summed E-state index contributed by atoms with van der Waals surface area (Å²) in [5.41, 5.74) is 3.47. The zero-order valence-electron chi connectivity index (χ0n) is 19.6. The molecule has 1 aliphatic heterocycles. The van der Waals surface area contributed by atoms with Crippen molar-refractivity contribution in [3.8, 4) is 0 Å². The topological polar surface area (TPSA) is 109 Å². The van der Waals surface area contributed by atoms with E-state index in [0.717, 1.165) is 10.6 Å². The first kappa shape index (κ1) is 24.3. The van der Waals surface area contributed by atoms with Crippen LogP contribution in [0.3, 0.4) is 0 Å². The summed E-state index contributed by atoms with van der Waals surface area (Å²) in [6.45, 7) is 5.59. The molecule has 0 saturated carbocycles. The van der Waals surface area contributed by atoms with E-state index in [4.69, 9.17) is 0 Å². The number of thioether (sulfide) groups is 1. The monoisotopic (exact) mass is 535 g/mol. The molecule has 1 N–H and O–H groups in total. The van der Waals surface area contributed by atoms with Crippen LogP contribution in [0.15, 0.2) is 64.5 Å². The first-order chi connectivity index (χ1) is 17.3. The van der Waals surface area contributed by atoms with Crippen molar-refractivity contribution in [3.63, 3.8) is 0 Å². The van der Waals surface area contributed by atoms with Crippen molar-refractivity contribution >= 4 is 51.3 Å². The third kappa shape index (κ3) is 4.57. The summed E-state index contributed by atoms with van der Waals surface area (Å²) in [5, 5.41) is 20.4. The number of aryl methyl sites for hydroxylation is 3. The summed E-state index contributed by atoms with van der Waals surface area (Å²) in [6.07, 6.45) is 3.19. The summed E-state index contributed by atoms with van der Waals surface area (Å²) >= 11 is 3.99. The van der Waals surface area contributed by atoms with Gasteiger partial charge < -0.3 is 5.11 Å². The molecule has 1 unspecified atom stereocenters. The number of Topliss-reactive ketones (excluding diaryl/α,β-unsaturated/α-hetero) is 1. The number of hydrogen-bond acceptors (Lipinski definition) is 10. The van der Waals surface area contributed by atoms with E-state index in [2.05, 4.69) is 44.4 Å². The number of pyridine rings is 1. The highest BCUT2D eigenvalue weighted by Crippen LogP contribution is 2.44. The first-order valence-electron chi connectivity index (χ1n) is 11.0. The Labute approximate surface area is 219 Å². The number of hydrogen-bond donors (Lipinski definition) is 1. The molecule has 4 heterocycles. The van der Waals surface area contributed by atoms with Crippen molar-refractivity contribution in [3.05, 3.63) is 92.4 Å². The smallest absolute Gasteiger partial charge is 0.296 e. The lowest BCUT2D eigenvalue weighted by atomic mass is 9.96. The molecule has 3 aromatic heterocycles. The zero-order chi connectivity index (χ0) is 25.4. The minimum atomic E-state index is -0.886. The molecule has 1 amide bonds. The zero-order valence-corrected chi connectivity index (χ0v) is 22.1. The lowest BCUT2D eigenvalue weighted by Crippen LogP contribution is -2.31. The van der Waals surface area contributed by atoms with Gasteiger partial charge in [-0.2, -0.15) is 0 Å². The van der Waals surface area contributed by atoms with E-state index >= 15 is 0 Å². The van der Waals surface area contributed by atoms with Gasteiger partial charge in [-0.1, -0.05) is 59.0 Å². The Bertz CT molecular complexity index is 1480. The molecule has 0 spiro atoms. The predicted octanol–water partition coefficient (Wildman–Crippen LogP) is 5.39. The quantitative estimate of drug-likeness (QED) is 0.191. The Kier molecular flexibility index (Phi) is 6.69. The normalized spacial score (nSPS) is 15.7. The molecule has 182 valence electrons. The van der Waals surface area contributed by atoms with Crippen LogP contribution < -0.4 is 4.90 Å². The van der Waals surface area contributed by atoms with Gasteiger partial charge in [0.25, 0.3) is 5.91 Å². The molecule has 0 aliphatic carbocycles. The van der Waals surface area contributed by atoms with Crippen LogP contribution in [-0.4, -0.2) is 37.0 Å². The molecule has 0 radical (unpaired) electrons. The maximum absolute atomic E-state index is 13.6. The molecular weight excluding hydrogens is 515 g/mol. The third-order valence-corrected chi connectivity index (χ3v) is 8.85. The number of carbonyl (C=O) groups excluding carboxylic acids is 2. The van der Waals surface area contributed by atoms with Crippen LogP contribution in [0, 0.1) is 20.8 Å². The number of amides is 1. The lowest BCUT2D eigenvalue weighted by molar-refractivity contribution is -0.117. The van der Waals surface area contributed by atoms with Crippen LogP contribution >= 0.6 is 34.4 Å². The third-order valence-electron chi connectivity index (χ3n) is 5.65. The van der Waals surface area contributed by atoms with E-state index in [9.17, 15) is 14.7 Å². The number of thiazole rings is 1. The van der Waals surface area contributed by atoms with E-state index in [0.29, 0.717) is 31.4 Å². The van der Waals surface area contributed by atoms with E-state index in [1.54, 1.807) is 31.5 Å². The number of benzene rings is 1. The highest BCUT2D eigenvalue weighted by Gasteiger charge is 2.46. The number of aromatic nitrogens is 4. The van der Waals surface area contributed by atoms with Crippen molar-refractivity contribution < 1.29 is 14.7 Å². The number of anilines is 1. The second-order valence-corrected chi connectivity index (χ2v) is 11.6. The Morgan fingerprint density at radius 1 is 1.11 bits per heavy atom. The van der Waals surface area contributed by atoms with Gasteiger partial charge in [-0.25, -0.2) is 4.98 Å². The van der Waals surface area contributed by atoms with Gasteiger partial charge in [-0.15, -0.1) is 21.5 Å². The van der Waals surface area contributed by atoms with Gasteiger partial charge in [0.1, 0.15) is 0 Å². The van der Waals surface area contributed by atoms with E-state index in [1.807, 2.05) is 13.8 Å². The van der Waals surface area contributed by atoms with Gasteiger partial charge in [-0.3, -0.25) is 19.5 Å². The molecule has 1 aromatic carbocycles. The second kappa shape index (κ2) is 9.92. The summed E-state index contributed by atoms with van der Waals surface area (Å²) in [5.74, 6) is -1.02. The molecule has 0 saturated heterocycles. The molecule has 36 heavy (non-hydrogen) atoms. The molecule has 0 bridgehead atoms. The molecule has 11 heteroatoms. The first-order valence-corrected chi connectivity index (χ1v) is 13.6. The summed E-state index contributed by atoms with van der Waals surface area (Å²) in [7, 11) is 0. The van der Waals surface area contributed by atoms with Crippen LogP contribution in [0.25, 0.3) is 0 Å². The number of aliphatic hydroxyl groups excluding tert-OH is 1. The number of carbonyl (C=O) groups is 2. The average Bonchev–Trinajstić information content (AvgIpc) is 3.55. The Balaban J connectivity index is 1.48. The Morgan fingerprint density at radius 3 is 2.56 bits per heavy atom. The molecular formula is C25H21N5O3S3. The van der Waals surface area contributed by atoms with Gasteiger partial charge in [0.15, 0.2) is 10.1 Å². The Hall–Kier alpha value is -3.41. The van der Waals surface area contributed by atoms with Crippen LogP contribution in [0.4, 0.5) is 5.13 Å². The minimum Gasteiger partial charge on any atom is -0.503 e. The number of ketones is 1. The van der Waals surface area contributed by atoms with E-state index < -0.39 is 23.5 Å². The maximum Gasteiger partial charge on any atom is 0.296 e. The average molecular weight is 536 g/mol. The summed E-state index contributed by atoms with van der Waals surface area (Å²) in [4.78, 5) is 37.1. The largest absolute Gasteiger partial charge is 0.503 e. The fourth-order valence-corrected chi connectivity index (χ4v) is 6.64. The van der Waals surface area contributed by atoms with Gasteiger partial charge in [0, 0.05) is 18.1 Å². The molecule has 4 aromatic rings. The summed E-state index contributed by atoms with van der Waals surface area (Å²) < 4.78 is 0.677. The van der Waals surface area contributed by atoms with Crippen LogP contribution in [0.1, 0.15) is 43.1 Å². The maximum atomic E-state index is 13.6. The molecule has 8 nitrogen and oxygen atoms in total. The van der Waals surface area contributed by atoms with Gasteiger partial charge in [0.2, 0.25) is 10.9 Å². The van der Waals surface area contributed by atoms with Crippen LogP contribution in [0.5, 0.6) is 0 Å². The Morgan fingerprint density at radius 2 is 1.89 bits per heavy atom. The SMILES string of the molecule is Cc1ccc(CSc2nnc(N3C(=O)C(O)=C(C(=O)c4sc(C)nc4C)C3c3cccnc3)s2)cc1. The van der Waals surface area contributed by atoms with Crippen LogP contribution in [-0.2, 0) is 10.5 Å². The lowest BCUT2D eigenvalue weighted by Gasteiger charge is -2.23. The van der Waals surface area contributed by atoms with Crippen molar-refractivity contribution in [2.75, 3.05) is 4.90 Å². The highest BCUT2D eigenvalue weighted by molar-refractivity contribution is 8.00. The standard InChI is InChI=1S/C25H21N5O3S3/c1-13-6-8-16(9-7-13)12-34-25-29-28-24(36-25)30-19(17-5-4-10-26-11-17)18(21(32)23(30)33)20(31)22-14(2)27-15(3)35-22/h4-11,19,32H,12H2,1-3H3. The molecule has 0 fully saturated rings. The van der Waals surface area contributed by atoms with E-state index in [1.165, 1.54) is 44.9 Å². The molecule has 1 aliphatic rings. The number of nitrogens with zero attached hydrogens (tertiary/aromatic N) is 5. The molecule has 1 atom stereocenters. The number of rotatable bonds is 7. The second-order valence-electron chi connectivity index (χ2n) is 8.23. The van der Waals surface area contributed by atoms with Gasteiger partial charge in [0.05, 0.1) is 27.2 Å². The van der Waals surface area contributed by atoms with Gasteiger partial charge >= 0.3 is 0 Å². The fraction of sp³-hybridized carbons (Fsp3) is 0.200. The minimum absolute atomic E-state index is 0.0104. The predicted molar refractivity (Wildman–Crippen MR) is 141 cm³/mol. The van der Waals surface area contributed by atoms with E-state index in [-0.39, 0.29) is 5.57 Å². The molecule has 5 rings (SSSR count). The highest BCUT2D eigenvalue weighted by atomic mass is 32.2. The van der Waals surface area contributed by atoms with Gasteiger partial charge in [-0.05, 0) is 38.0 Å². The van der Waals surface area contributed by atoms with Crippen LogP contribution in [0.2, 0.25) is 0 Å². The van der Waals surface area contributed by atoms with Crippen molar-refractivity contribution in [1.29, 1.82) is 0 Å². The van der Waals surface area contributed by atoms with Crippen molar-refractivity contribution in [2.45, 2.75) is 36.9 Å². The fourth-order valence-electron chi connectivity index (χ4n) is 3.94.